The lowest BCUT2D eigenvalue weighted by Gasteiger charge is -1.99. The molecule has 80 valence electrons. The average molecular weight is 228 g/mol. The molecule has 2 aromatic heterocycles. The number of hydrogen-bond donors (Lipinski definition) is 0. The molecule has 3 heteroatoms. The van der Waals surface area contributed by atoms with Gasteiger partial charge in [0.05, 0.1) is 0 Å². The largest absolute Gasteiger partial charge is 0.261 e. The summed E-state index contributed by atoms with van der Waals surface area (Å²) >= 11 is 1.50. The molecule has 0 fully saturated rings. The van der Waals surface area contributed by atoms with Crippen molar-refractivity contribution in [1.82, 2.24) is 4.98 Å². The summed E-state index contributed by atoms with van der Waals surface area (Å²) in [6, 6.07) is 10.1. The fourth-order valence-corrected chi connectivity index (χ4v) is 2.32. The molecule has 0 unspecified atom stereocenters. The number of aryl methyl sites for hydroxylation is 1. The van der Waals surface area contributed by atoms with Gasteiger partial charge in [-0.3, -0.25) is 4.98 Å². The Balaban J connectivity index is 2.24. The monoisotopic (exact) mass is 228 g/mol. The number of hydrogen-bond acceptors (Lipinski definition) is 3. The van der Waals surface area contributed by atoms with Gasteiger partial charge in [-0.25, -0.2) is 0 Å². The summed E-state index contributed by atoms with van der Waals surface area (Å²) in [6.07, 6.45) is 4.02. The van der Waals surface area contributed by atoms with E-state index in [4.69, 9.17) is 5.26 Å². The fourth-order valence-electron chi connectivity index (χ4n) is 1.53. The van der Waals surface area contributed by atoms with Crippen molar-refractivity contribution in [3.05, 3.63) is 41.0 Å². The summed E-state index contributed by atoms with van der Waals surface area (Å²) in [4.78, 5) is 6.25. The third-order valence-electron chi connectivity index (χ3n) is 2.33. The molecule has 0 aliphatic heterocycles. The predicted molar refractivity (Wildman–Crippen MR) is 66.3 cm³/mol. The quantitative estimate of drug-likeness (QED) is 0.804. The Morgan fingerprint density at radius 1 is 1.31 bits per heavy atom. The lowest BCUT2D eigenvalue weighted by molar-refractivity contribution is 0.883. The van der Waals surface area contributed by atoms with Gasteiger partial charge < -0.3 is 0 Å². The van der Waals surface area contributed by atoms with Crippen LogP contribution in [0.4, 0.5) is 0 Å². The van der Waals surface area contributed by atoms with Crippen molar-refractivity contribution in [2.24, 2.45) is 0 Å². The van der Waals surface area contributed by atoms with E-state index in [2.05, 4.69) is 30.1 Å². The van der Waals surface area contributed by atoms with Crippen molar-refractivity contribution in [1.29, 1.82) is 5.26 Å². The molecule has 16 heavy (non-hydrogen) atoms. The molecular formula is C13H12N2S. The molecular weight excluding hydrogens is 216 g/mol. The second kappa shape index (κ2) is 4.91. The van der Waals surface area contributed by atoms with Crippen LogP contribution < -0.4 is 0 Å². The molecule has 2 heterocycles. The highest BCUT2D eigenvalue weighted by molar-refractivity contribution is 7.16. The molecule has 0 N–H and O–H groups in total. The van der Waals surface area contributed by atoms with Gasteiger partial charge in [-0.2, -0.15) is 5.26 Å². The zero-order chi connectivity index (χ0) is 11.4. The first kappa shape index (κ1) is 10.8. The van der Waals surface area contributed by atoms with E-state index in [1.807, 2.05) is 18.3 Å². The van der Waals surface area contributed by atoms with Gasteiger partial charge in [-0.05, 0) is 24.6 Å². The number of nitrogens with zero attached hydrogens (tertiary/aromatic N) is 2. The van der Waals surface area contributed by atoms with Gasteiger partial charge in [0, 0.05) is 22.3 Å². The second-order valence-corrected chi connectivity index (χ2v) is 4.65. The molecule has 0 atom stereocenters. The summed E-state index contributed by atoms with van der Waals surface area (Å²) < 4.78 is 0. The molecule has 2 aromatic rings. The van der Waals surface area contributed by atoms with E-state index in [9.17, 15) is 0 Å². The van der Waals surface area contributed by atoms with E-state index in [-0.39, 0.29) is 0 Å². The fraction of sp³-hybridized carbons (Fsp3) is 0.231. The van der Waals surface area contributed by atoms with Gasteiger partial charge in [0.2, 0.25) is 0 Å². The minimum atomic E-state index is 0.743. The maximum Gasteiger partial charge on any atom is 0.110 e. The van der Waals surface area contributed by atoms with Gasteiger partial charge in [-0.15, -0.1) is 11.3 Å². The SMILES string of the molecule is CCCc1ccc(-c2ccc(C#N)s2)cn1. The maximum atomic E-state index is 8.76. The standard InChI is InChI=1S/C13H12N2S/c1-2-3-11-5-4-10(9-15-11)13-7-6-12(8-14)16-13/h4-7,9H,2-3H2,1H3. The number of pyridine rings is 1. The smallest absolute Gasteiger partial charge is 0.110 e. The topological polar surface area (TPSA) is 36.7 Å². The van der Waals surface area contributed by atoms with Gasteiger partial charge in [-0.1, -0.05) is 19.4 Å². The van der Waals surface area contributed by atoms with Gasteiger partial charge in [0.25, 0.3) is 0 Å². The molecule has 0 aliphatic rings. The van der Waals surface area contributed by atoms with Crippen LogP contribution in [0.1, 0.15) is 23.9 Å². The van der Waals surface area contributed by atoms with Crippen molar-refractivity contribution < 1.29 is 0 Å². The Bertz CT molecular complexity index is 505. The van der Waals surface area contributed by atoms with E-state index in [1.54, 1.807) is 0 Å². The highest BCUT2D eigenvalue weighted by atomic mass is 32.1. The first-order valence-corrected chi connectivity index (χ1v) is 6.10. The van der Waals surface area contributed by atoms with E-state index in [1.165, 1.54) is 11.3 Å². The summed E-state index contributed by atoms with van der Waals surface area (Å²) in [5.74, 6) is 0. The Morgan fingerprint density at radius 2 is 2.19 bits per heavy atom. The Kier molecular flexibility index (Phi) is 3.33. The molecule has 0 aliphatic carbocycles. The molecule has 0 saturated carbocycles. The summed E-state index contributed by atoms with van der Waals surface area (Å²) in [6.45, 7) is 2.15. The summed E-state index contributed by atoms with van der Waals surface area (Å²) in [5, 5.41) is 8.76. The minimum absolute atomic E-state index is 0.743. The predicted octanol–water partition coefficient (Wildman–Crippen LogP) is 3.63. The van der Waals surface area contributed by atoms with Crippen LogP contribution >= 0.6 is 11.3 Å². The van der Waals surface area contributed by atoms with Crippen LogP contribution in [-0.2, 0) is 6.42 Å². The average Bonchev–Trinajstić information content (AvgIpc) is 2.79. The molecule has 0 spiro atoms. The maximum absolute atomic E-state index is 8.76. The van der Waals surface area contributed by atoms with Gasteiger partial charge in [0.15, 0.2) is 0 Å². The first-order valence-electron chi connectivity index (χ1n) is 5.28. The Morgan fingerprint density at radius 3 is 2.75 bits per heavy atom. The molecule has 0 radical (unpaired) electrons. The second-order valence-electron chi connectivity index (χ2n) is 3.56. The van der Waals surface area contributed by atoms with Crippen LogP contribution in [-0.4, -0.2) is 4.98 Å². The van der Waals surface area contributed by atoms with Crippen LogP contribution in [0.25, 0.3) is 10.4 Å². The zero-order valence-corrected chi connectivity index (χ0v) is 9.92. The van der Waals surface area contributed by atoms with Crippen LogP contribution in [0, 0.1) is 11.3 Å². The van der Waals surface area contributed by atoms with E-state index < -0.39 is 0 Å². The molecule has 0 amide bonds. The first-order chi connectivity index (χ1) is 7.83. The van der Waals surface area contributed by atoms with Crippen LogP contribution in [0.2, 0.25) is 0 Å². The van der Waals surface area contributed by atoms with Crippen molar-refractivity contribution in [3.63, 3.8) is 0 Å². The molecule has 0 aromatic carbocycles. The number of aromatic nitrogens is 1. The van der Waals surface area contributed by atoms with E-state index in [0.29, 0.717) is 0 Å². The number of rotatable bonds is 3. The molecule has 0 saturated heterocycles. The lowest BCUT2D eigenvalue weighted by atomic mass is 10.2. The highest BCUT2D eigenvalue weighted by Gasteiger charge is 2.02. The third kappa shape index (κ3) is 2.29. The van der Waals surface area contributed by atoms with Crippen LogP contribution in [0.5, 0.6) is 0 Å². The van der Waals surface area contributed by atoms with E-state index in [0.717, 1.165) is 33.9 Å². The van der Waals surface area contributed by atoms with Crippen molar-refractivity contribution in [2.75, 3.05) is 0 Å². The molecule has 0 bridgehead atoms. The summed E-state index contributed by atoms with van der Waals surface area (Å²) in [7, 11) is 0. The summed E-state index contributed by atoms with van der Waals surface area (Å²) in [5.41, 5.74) is 2.22. The number of thiophene rings is 1. The Labute approximate surface area is 99.2 Å². The molecule has 2 nitrogen and oxygen atoms in total. The lowest BCUT2D eigenvalue weighted by Crippen LogP contribution is -1.87. The normalized spacial score (nSPS) is 10.0. The minimum Gasteiger partial charge on any atom is -0.261 e. The van der Waals surface area contributed by atoms with E-state index >= 15 is 0 Å². The van der Waals surface area contributed by atoms with Crippen molar-refractivity contribution >= 4 is 11.3 Å². The van der Waals surface area contributed by atoms with Gasteiger partial charge >= 0.3 is 0 Å². The zero-order valence-electron chi connectivity index (χ0n) is 9.10. The van der Waals surface area contributed by atoms with Gasteiger partial charge in [0.1, 0.15) is 10.9 Å². The van der Waals surface area contributed by atoms with Crippen LogP contribution in [0.3, 0.4) is 0 Å². The molecule has 2 rings (SSSR count). The van der Waals surface area contributed by atoms with Crippen molar-refractivity contribution in [3.8, 4) is 16.5 Å². The number of nitriles is 1. The Hall–Kier alpha value is -1.66. The van der Waals surface area contributed by atoms with Crippen LogP contribution in [0.15, 0.2) is 30.5 Å². The highest BCUT2D eigenvalue weighted by Crippen LogP contribution is 2.27. The van der Waals surface area contributed by atoms with Crippen molar-refractivity contribution in [2.45, 2.75) is 19.8 Å². The third-order valence-corrected chi connectivity index (χ3v) is 3.37.